The molecule has 0 aliphatic carbocycles. The van der Waals surface area contributed by atoms with Crippen molar-refractivity contribution < 1.29 is 6.22 Å². The quantitative estimate of drug-likeness (QED) is 0.746. The van der Waals surface area contributed by atoms with Crippen molar-refractivity contribution in [3.05, 3.63) is 47.7 Å². The summed E-state index contributed by atoms with van der Waals surface area (Å²) in [6, 6.07) is 9.91. The lowest BCUT2D eigenvalue weighted by molar-refractivity contribution is 0.101. The van der Waals surface area contributed by atoms with Gasteiger partial charge in [0, 0.05) is 13.0 Å². The van der Waals surface area contributed by atoms with Gasteiger partial charge >= 0.3 is 0 Å². The number of hydrogen-bond donors (Lipinski definition) is 1. The minimum Gasteiger partial charge on any atom is -0.388 e. The summed E-state index contributed by atoms with van der Waals surface area (Å²) in [5.41, 5.74) is 2.24. The molecule has 18 heavy (non-hydrogen) atoms. The zero-order valence-corrected chi connectivity index (χ0v) is 12.2. The zero-order valence-electron chi connectivity index (χ0n) is 12.2. The van der Waals surface area contributed by atoms with Crippen molar-refractivity contribution in [1.29, 1.82) is 0 Å². The average Bonchev–Trinajstić information content (AvgIpc) is 2.77. The van der Waals surface area contributed by atoms with Crippen LogP contribution in [-0.2, 0) is 0 Å². The average molecular weight is 249 g/mol. The molecule has 2 nitrogen and oxygen atoms in total. The smallest absolute Gasteiger partial charge is 0.159 e. The van der Waals surface area contributed by atoms with Gasteiger partial charge in [0.05, 0.1) is 0 Å². The van der Waals surface area contributed by atoms with Gasteiger partial charge in [-0.05, 0) is 33.4 Å². The highest BCUT2D eigenvalue weighted by Gasteiger charge is 2.05. The molecule has 102 valence electrons. The molecule has 1 unspecified atom stereocenters. The zero-order chi connectivity index (χ0) is 14.0. The van der Waals surface area contributed by atoms with Crippen molar-refractivity contribution in [3.63, 3.8) is 0 Å². The molecular formula is C16H27NO. The van der Waals surface area contributed by atoms with E-state index < -0.39 is 0 Å². The van der Waals surface area contributed by atoms with Crippen LogP contribution in [0, 0.1) is 0 Å². The molecule has 0 amide bonds. The maximum Gasteiger partial charge on any atom is 0.159 e. The predicted octanol–water partition coefficient (Wildman–Crippen LogP) is 4.43. The van der Waals surface area contributed by atoms with E-state index in [1.807, 2.05) is 44.2 Å². The number of nitrogens with one attached hydrogen (secondary N) is 1. The lowest BCUT2D eigenvalue weighted by Gasteiger charge is -1.98. The molecule has 1 heterocycles. The lowest BCUT2D eigenvalue weighted by Crippen LogP contribution is -2.12. The third-order valence-corrected chi connectivity index (χ3v) is 2.42. The molecule has 1 aliphatic heterocycles. The minimum absolute atomic E-state index is 0. The Morgan fingerprint density at radius 1 is 1.28 bits per heavy atom. The molecule has 1 aromatic rings. The van der Waals surface area contributed by atoms with Crippen molar-refractivity contribution in [3.8, 4) is 0 Å². The molecule has 2 heteroatoms. The molecule has 2 rings (SSSR count). The molecule has 0 fully saturated rings. The summed E-state index contributed by atoms with van der Waals surface area (Å²) >= 11 is 0. The van der Waals surface area contributed by atoms with Crippen LogP contribution in [0.1, 0.15) is 52.8 Å². The molecule has 1 atom stereocenters. The van der Waals surface area contributed by atoms with E-state index >= 15 is 0 Å². The fourth-order valence-electron chi connectivity index (χ4n) is 1.56. The number of carbonyl (C=O) groups excluding carboxylic acids is 1. The molecule has 1 N–H and O–H groups in total. The molecule has 1 aromatic carbocycles. The first-order valence-corrected chi connectivity index (χ1v) is 6.57. The van der Waals surface area contributed by atoms with E-state index in [1.54, 1.807) is 6.92 Å². The van der Waals surface area contributed by atoms with Crippen molar-refractivity contribution in [2.24, 2.45) is 0 Å². The van der Waals surface area contributed by atoms with Crippen molar-refractivity contribution in [1.82, 2.24) is 5.32 Å². The second kappa shape index (κ2) is 9.46. The molecule has 0 spiro atoms. The molecular weight excluding hydrogens is 222 g/mol. The molecule has 0 saturated carbocycles. The first-order valence-electron chi connectivity index (χ1n) is 6.57. The highest BCUT2D eigenvalue weighted by Crippen LogP contribution is 2.08. The van der Waals surface area contributed by atoms with E-state index in [9.17, 15) is 4.79 Å². The molecule has 1 aliphatic rings. The van der Waals surface area contributed by atoms with Crippen LogP contribution in [0.15, 0.2) is 42.1 Å². The summed E-state index contributed by atoms with van der Waals surface area (Å²) in [5.74, 6) is 0.121. The van der Waals surface area contributed by atoms with Crippen LogP contribution in [0.3, 0.4) is 0 Å². The maximum absolute atomic E-state index is 10.6. The Kier molecular flexibility index (Phi) is 8.63. The first kappa shape index (κ1) is 16.4. The van der Waals surface area contributed by atoms with Gasteiger partial charge in [-0.3, -0.25) is 4.79 Å². The summed E-state index contributed by atoms with van der Waals surface area (Å²) < 4.78 is 0. The third-order valence-electron chi connectivity index (χ3n) is 2.42. The number of carbonyl (C=O) groups is 1. The van der Waals surface area contributed by atoms with Gasteiger partial charge in [-0.1, -0.05) is 49.8 Å². The standard InChI is InChI=1S/C8H8O.C6H11N.C2H6.H2/c1-7(9)8-5-3-2-4-6-8;1-5-3-6(2)7-4-5;1-2;/h2-6H,1H3;4,6-7H,3H2,1-2H3;1-2H3;1H. The van der Waals surface area contributed by atoms with Crippen molar-refractivity contribution in [2.75, 3.05) is 0 Å². The number of benzene rings is 1. The van der Waals surface area contributed by atoms with Gasteiger partial charge in [0.25, 0.3) is 0 Å². The Morgan fingerprint density at radius 3 is 2.06 bits per heavy atom. The molecule has 0 saturated heterocycles. The largest absolute Gasteiger partial charge is 0.388 e. The Morgan fingerprint density at radius 2 is 1.83 bits per heavy atom. The van der Waals surface area contributed by atoms with Crippen LogP contribution < -0.4 is 5.32 Å². The molecule has 0 bridgehead atoms. The predicted molar refractivity (Wildman–Crippen MR) is 80.9 cm³/mol. The van der Waals surface area contributed by atoms with Crippen LogP contribution in [0.2, 0.25) is 0 Å². The van der Waals surface area contributed by atoms with Crippen LogP contribution in [-0.4, -0.2) is 11.8 Å². The third kappa shape index (κ3) is 6.89. The number of hydrogen-bond acceptors (Lipinski definition) is 2. The summed E-state index contributed by atoms with van der Waals surface area (Å²) in [6.07, 6.45) is 3.31. The van der Waals surface area contributed by atoms with Gasteiger partial charge in [-0.15, -0.1) is 0 Å². The van der Waals surface area contributed by atoms with Crippen LogP contribution >= 0.6 is 0 Å². The van der Waals surface area contributed by atoms with Crippen molar-refractivity contribution in [2.45, 2.75) is 47.1 Å². The topological polar surface area (TPSA) is 29.1 Å². The van der Waals surface area contributed by atoms with E-state index in [0.29, 0.717) is 6.04 Å². The van der Waals surface area contributed by atoms with E-state index in [4.69, 9.17) is 0 Å². The molecule has 0 aromatic heterocycles. The number of Topliss-reactive ketones (excluding diaryl/α,β-unsaturated/α-hetero) is 1. The lowest BCUT2D eigenvalue weighted by atomic mass is 10.2. The van der Waals surface area contributed by atoms with Crippen molar-refractivity contribution >= 4 is 5.78 Å². The SMILES string of the molecule is CC.CC(=O)c1ccccc1.CC1=CNC(C)C1.[HH]. The van der Waals surface area contributed by atoms with Gasteiger partial charge in [0.2, 0.25) is 0 Å². The summed E-state index contributed by atoms with van der Waals surface area (Å²) in [6.45, 7) is 9.90. The number of ketones is 1. The normalized spacial score (nSPS) is 16.3. The van der Waals surface area contributed by atoms with E-state index in [2.05, 4.69) is 25.4 Å². The fraction of sp³-hybridized carbons (Fsp3) is 0.438. The highest BCUT2D eigenvalue weighted by molar-refractivity contribution is 5.93. The molecule has 0 radical (unpaired) electrons. The Balaban J connectivity index is 0. The summed E-state index contributed by atoms with van der Waals surface area (Å²) in [4.78, 5) is 10.6. The van der Waals surface area contributed by atoms with E-state index in [0.717, 1.165) is 5.56 Å². The van der Waals surface area contributed by atoms with Gasteiger partial charge in [0.15, 0.2) is 5.78 Å². The monoisotopic (exact) mass is 249 g/mol. The van der Waals surface area contributed by atoms with Crippen LogP contribution in [0.4, 0.5) is 0 Å². The maximum atomic E-state index is 10.6. The summed E-state index contributed by atoms with van der Waals surface area (Å²) in [5, 5.41) is 3.21. The Hall–Kier alpha value is -1.57. The first-order chi connectivity index (χ1) is 8.59. The minimum atomic E-state index is 0. The Labute approximate surface area is 113 Å². The summed E-state index contributed by atoms with van der Waals surface area (Å²) in [7, 11) is 0. The Bertz CT molecular complexity index is 374. The van der Waals surface area contributed by atoms with E-state index in [-0.39, 0.29) is 7.21 Å². The number of rotatable bonds is 1. The van der Waals surface area contributed by atoms with Crippen LogP contribution in [0.25, 0.3) is 0 Å². The second-order valence-electron chi connectivity index (χ2n) is 4.18. The van der Waals surface area contributed by atoms with Gasteiger partial charge in [-0.2, -0.15) is 0 Å². The fourth-order valence-corrected chi connectivity index (χ4v) is 1.56. The van der Waals surface area contributed by atoms with Gasteiger partial charge in [-0.25, -0.2) is 0 Å². The van der Waals surface area contributed by atoms with Gasteiger partial charge in [0.1, 0.15) is 0 Å². The highest BCUT2D eigenvalue weighted by atomic mass is 16.1. The van der Waals surface area contributed by atoms with Gasteiger partial charge < -0.3 is 5.32 Å². The van der Waals surface area contributed by atoms with E-state index in [1.165, 1.54) is 12.0 Å². The van der Waals surface area contributed by atoms with Crippen LogP contribution in [0.5, 0.6) is 0 Å². The second-order valence-corrected chi connectivity index (χ2v) is 4.18.